The van der Waals surface area contributed by atoms with Crippen LogP contribution in [-0.2, 0) is 0 Å². The van der Waals surface area contributed by atoms with Gasteiger partial charge in [-0.25, -0.2) is 0 Å². The van der Waals surface area contributed by atoms with E-state index in [9.17, 15) is 5.11 Å². The van der Waals surface area contributed by atoms with Crippen molar-refractivity contribution >= 4 is 11.6 Å². The highest BCUT2D eigenvalue weighted by atomic mass is 35.5. The van der Waals surface area contributed by atoms with Gasteiger partial charge in [-0.15, -0.1) is 0 Å². The Hall–Kier alpha value is -0.570. The van der Waals surface area contributed by atoms with Crippen molar-refractivity contribution in [2.45, 2.75) is 45.1 Å². The van der Waals surface area contributed by atoms with Crippen LogP contribution < -0.4 is 0 Å². The molecule has 0 aromatic heterocycles. The van der Waals surface area contributed by atoms with Crippen LogP contribution in [0.4, 0.5) is 0 Å². The number of aliphatic hydroxyl groups excluding tert-OH is 1. The molecule has 1 aromatic carbocycles. The summed E-state index contributed by atoms with van der Waals surface area (Å²) in [5.41, 5.74) is 0.857. The highest BCUT2D eigenvalue weighted by Gasteiger charge is 2.17. The van der Waals surface area contributed by atoms with E-state index in [2.05, 4.69) is 11.8 Å². The van der Waals surface area contributed by atoms with Crippen LogP contribution in [-0.4, -0.2) is 29.6 Å². The second kappa shape index (κ2) is 8.02. The zero-order chi connectivity index (χ0) is 14.4. The van der Waals surface area contributed by atoms with Crippen LogP contribution >= 0.6 is 11.6 Å². The molecule has 1 fully saturated rings. The number of hydrogen-bond donors (Lipinski definition) is 1. The van der Waals surface area contributed by atoms with E-state index in [-0.39, 0.29) is 0 Å². The number of aliphatic hydroxyl groups is 1. The Balaban J connectivity index is 1.81. The highest BCUT2D eigenvalue weighted by molar-refractivity contribution is 6.31. The molecule has 1 aromatic rings. The summed E-state index contributed by atoms with van der Waals surface area (Å²) in [6.07, 6.45) is 5.57. The van der Waals surface area contributed by atoms with Crippen molar-refractivity contribution < 1.29 is 5.11 Å². The maximum absolute atomic E-state index is 10.3. The van der Waals surface area contributed by atoms with Crippen molar-refractivity contribution in [2.24, 2.45) is 5.92 Å². The summed E-state index contributed by atoms with van der Waals surface area (Å²) in [6.45, 7) is 5.60. The first kappa shape index (κ1) is 15.8. The second-order valence-corrected chi connectivity index (χ2v) is 6.28. The Morgan fingerprint density at radius 3 is 2.85 bits per heavy atom. The first-order valence-corrected chi connectivity index (χ1v) is 8.23. The van der Waals surface area contributed by atoms with E-state index in [1.54, 1.807) is 0 Å². The van der Waals surface area contributed by atoms with Crippen LogP contribution in [0.15, 0.2) is 24.3 Å². The van der Waals surface area contributed by atoms with Crippen molar-refractivity contribution in [1.82, 2.24) is 4.90 Å². The molecule has 0 amide bonds. The lowest BCUT2D eigenvalue weighted by atomic mass is 9.98. The fourth-order valence-corrected chi connectivity index (χ4v) is 3.32. The maximum atomic E-state index is 10.3. The van der Waals surface area contributed by atoms with Crippen LogP contribution in [0.5, 0.6) is 0 Å². The molecule has 2 nitrogen and oxygen atoms in total. The molecule has 112 valence electrons. The number of rotatable bonds is 5. The Labute approximate surface area is 127 Å². The SMILES string of the molecule is CCC1CCCN(CCC(O)c2ccccc2Cl)CC1. The first-order chi connectivity index (χ1) is 9.70. The van der Waals surface area contributed by atoms with E-state index < -0.39 is 6.10 Å². The molecule has 3 heteroatoms. The fourth-order valence-electron chi connectivity index (χ4n) is 3.06. The summed E-state index contributed by atoms with van der Waals surface area (Å²) in [7, 11) is 0. The number of likely N-dealkylation sites (tertiary alicyclic amines) is 1. The molecule has 1 N–H and O–H groups in total. The van der Waals surface area contributed by atoms with Crippen LogP contribution in [0.3, 0.4) is 0 Å². The maximum Gasteiger partial charge on any atom is 0.0816 e. The van der Waals surface area contributed by atoms with Gasteiger partial charge in [-0.1, -0.05) is 43.1 Å². The van der Waals surface area contributed by atoms with Crippen molar-refractivity contribution in [3.05, 3.63) is 34.9 Å². The van der Waals surface area contributed by atoms with Gasteiger partial charge in [-0.2, -0.15) is 0 Å². The fraction of sp³-hybridized carbons (Fsp3) is 0.647. The molecule has 2 atom stereocenters. The summed E-state index contributed by atoms with van der Waals surface area (Å²) in [5.74, 6) is 0.897. The molecule has 0 saturated carbocycles. The molecular formula is C17H26ClNO. The van der Waals surface area contributed by atoms with Gasteiger partial charge in [0.1, 0.15) is 0 Å². The van der Waals surface area contributed by atoms with Gasteiger partial charge in [-0.3, -0.25) is 0 Å². The predicted molar refractivity (Wildman–Crippen MR) is 85.1 cm³/mol. The Bertz CT molecular complexity index is 410. The zero-order valence-corrected chi connectivity index (χ0v) is 13.1. The van der Waals surface area contributed by atoms with Gasteiger partial charge in [-0.05, 0) is 56.3 Å². The third-order valence-corrected chi connectivity index (χ3v) is 4.84. The van der Waals surface area contributed by atoms with Gasteiger partial charge < -0.3 is 10.0 Å². The lowest BCUT2D eigenvalue weighted by Crippen LogP contribution is -2.27. The van der Waals surface area contributed by atoms with Gasteiger partial charge >= 0.3 is 0 Å². The van der Waals surface area contributed by atoms with Crippen LogP contribution in [0.25, 0.3) is 0 Å². The minimum Gasteiger partial charge on any atom is -0.388 e. The molecule has 20 heavy (non-hydrogen) atoms. The quantitative estimate of drug-likeness (QED) is 0.876. The largest absolute Gasteiger partial charge is 0.388 e. The smallest absolute Gasteiger partial charge is 0.0816 e. The van der Waals surface area contributed by atoms with Gasteiger partial charge in [0.15, 0.2) is 0 Å². The number of hydrogen-bond acceptors (Lipinski definition) is 2. The number of nitrogens with zero attached hydrogens (tertiary/aromatic N) is 1. The minimum atomic E-state index is -0.450. The van der Waals surface area contributed by atoms with E-state index in [1.807, 2.05) is 24.3 Å². The summed E-state index contributed by atoms with van der Waals surface area (Å²) < 4.78 is 0. The lowest BCUT2D eigenvalue weighted by molar-refractivity contribution is 0.142. The molecule has 1 heterocycles. The second-order valence-electron chi connectivity index (χ2n) is 5.87. The third kappa shape index (κ3) is 4.47. The zero-order valence-electron chi connectivity index (χ0n) is 12.4. The summed E-state index contributed by atoms with van der Waals surface area (Å²) in [4.78, 5) is 2.50. The van der Waals surface area contributed by atoms with Crippen molar-refractivity contribution in [1.29, 1.82) is 0 Å². The molecule has 0 aliphatic carbocycles. The van der Waals surface area contributed by atoms with Crippen molar-refractivity contribution in [3.8, 4) is 0 Å². The normalized spacial score (nSPS) is 22.4. The molecule has 2 unspecified atom stereocenters. The minimum absolute atomic E-state index is 0.450. The Morgan fingerprint density at radius 2 is 2.10 bits per heavy atom. The molecule has 2 rings (SSSR count). The van der Waals surface area contributed by atoms with Crippen LogP contribution in [0.1, 0.15) is 50.7 Å². The Kier molecular flexibility index (Phi) is 6.34. The molecule has 1 aliphatic rings. The van der Waals surface area contributed by atoms with E-state index in [0.29, 0.717) is 5.02 Å². The van der Waals surface area contributed by atoms with Crippen LogP contribution in [0.2, 0.25) is 5.02 Å². The topological polar surface area (TPSA) is 23.5 Å². The van der Waals surface area contributed by atoms with E-state index in [1.165, 1.54) is 38.8 Å². The molecule has 0 bridgehead atoms. The van der Waals surface area contributed by atoms with E-state index in [4.69, 9.17) is 11.6 Å². The average molecular weight is 296 g/mol. The molecule has 0 radical (unpaired) electrons. The highest BCUT2D eigenvalue weighted by Crippen LogP contribution is 2.26. The third-order valence-electron chi connectivity index (χ3n) is 4.50. The van der Waals surface area contributed by atoms with Crippen molar-refractivity contribution in [2.75, 3.05) is 19.6 Å². The number of halogens is 1. The molecule has 1 saturated heterocycles. The van der Waals surface area contributed by atoms with E-state index >= 15 is 0 Å². The molecule has 1 aliphatic heterocycles. The van der Waals surface area contributed by atoms with Gasteiger partial charge in [0.2, 0.25) is 0 Å². The summed E-state index contributed by atoms with van der Waals surface area (Å²) in [6, 6.07) is 7.60. The van der Waals surface area contributed by atoms with Crippen molar-refractivity contribution in [3.63, 3.8) is 0 Å². The van der Waals surface area contributed by atoms with Gasteiger partial charge in [0, 0.05) is 11.6 Å². The summed E-state index contributed by atoms with van der Waals surface area (Å²) in [5, 5.41) is 11.0. The average Bonchev–Trinajstić information content (AvgIpc) is 2.70. The lowest BCUT2D eigenvalue weighted by Gasteiger charge is -2.22. The van der Waals surface area contributed by atoms with Gasteiger partial charge in [0.25, 0.3) is 0 Å². The monoisotopic (exact) mass is 295 g/mol. The Morgan fingerprint density at radius 1 is 1.30 bits per heavy atom. The van der Waals surface area contributed by atoms with E-state index in [0.717, 1.165) is 24.4 Å². The number of benzene rings is 1. The molecular weight excluding hydrogens is 270 g/mol. The standard InChI is InChI=1S/C17H26ClNO/c1-2-14-6-5-11-19(12-9-14)13-10-17(20)15-7-3-4-8-16(15)18/h3-4,7-8,14,17,20H,2,5-6,9-13H2,1H3. The summed E-state index contributed by atoms with van der Waals surface area (Å²) >= 11 is 6.13. The molecule has 0 spiro atoms. The van der Waals surface area contributed by atoms with Crippen LogP contribution in [0, 0.1) is 5.92 Å². The van der Waals surface area contributed by atoms with Gasteiger partial charge in [0.05, 0.1) is 6.10 Å². The first-order valence-electron chi connectivity index (χ1n) is 7.85. The predicted octanol–water partition coefficient (Wildman–Crippen LogP) is 4.28.